The minimum atomic E-state index is -0.688. The highest BCUT2D eigenvalue weighted by atomic mass is 16.7. The lowest BCUT2D eigenvalue weighted by Gasteiger charge is -2.54. The van der Waals surface area contributed by atoms with E-state index in [-0.39, 0.29) is 41.3 Å². The first-order valence-corrected chi connectivity index (χ1v) is 14.2. The molecule has 2 aliphatic heterocycles. The first kappa shape index (κ1) is 24.2. The molecule has 4 aliphatic carbocycles. The lowest BCUT2D eigenvalue weighted by molar-refractivity contribution is -0.271. The fourth-order valence-electron chi connectivity index (χ4n) is 10.1. The standard InChI is InChI=1S/C29H43NO5/c1-16-7-10-29(33-14-16)17(2)25-24(35-29)12-22-21-6-5-19-11-20(34-18(3)31)8-9-27(19,4)23(21)13-28(22,15-30)26(25)32/h16-17,19-26,32H,5-14H2,1-4H3/t16-,17+,19-,20+,21-,22-,23+,24-,25-,26+,27-,28-,29+/m0/s1. The molecule has 0 aromatic rings. The van der Waals surface area contributed by atoms with Crippen LogP contribution in [0, 0.1) is 63.6 Å². The Morgan fingerprint density at radius 1 is 1.11 bits per heavy atom. The molecule has 1 spiro atoms. The van der Waals surface area contributed by atoms with Gasteiger partial charge in [-0.25, -0.2) is 0 Å². The number of carbonyl (C=O) groups excluding carboxylic acids is 1. The summed E-state index contributed by atoms with van der Waals surface area (Å²) < 4.78 is 18.7. The number of nitrogens with zero attached hydrogens (tertiary/aromatic N) is 1. The minimum absolute atomic E-state index is 0.0242. The number of fused-ring (bicyclic) bond motifs is 6. The summed E-state index contributed by atoms with van der Waals surface area (Å²) in [5.41, 5.74) is -0.544. The summed E-state index contributed by atoms with van der Waals surface area (Å²) in [7, 11) is 0. The Balaban J connectivity index is 1.27. The van der Waals surface area contributed by atoms with Crippen LogP contribution in [0.3, 0.4) is 0 Å². The average molecular weight is 486 g/mol. The van der Waals surface area contributed by atoms with Gasteiger partial charge in [0.15, 0.2) is 5.79 Å². The summed E-state index contributed by atoms with van der Waals surface area (Å²) in [6.45, 7) is 9.06. The summed E-state index contributed by atoms with van der Waals surface area (Å²) >= 11 is 0. The van der Waals surface area contributed by atoms with Gasteiger partial charge in [-0.05, 0) is 86.4 Å². The molecule has 194 valence electrons. The first-order chi connectivity index (χ1) is 16.6. The maximum atomic E-state index is 12.0. The molecule has 1 N–H and O–H groups in total. The Bertz CT molecular complexity index is 907. The molecule has 0 bridgehead atoms. The molecular weight excluding hydrogens is 442 g/mol. The van der Waals surface area contributed by atoms with E-state index in [0.29, 0.717) is 30.3 Å². The van der Waals surface area contributed by atoms with Gasteiger partial charge in [0.2, 0.25) is 0 Å². The first-order valence-electron chi connectivity index (χ1n) is 14.2. The third-order valence-electron chi connectivity index (χ3n) is 12.0. The molecule has 0 radical (unpaired) electrons. The summed E-state index contributed by atoms with van der Waals surface area (Å²) in [6.07, 6.45) is 8.10. The van der Waals surface area contributed by atoms with Crippen molar-refractivity contribution in [2.24, 2.45) is 52.3 Å². The van der Waals surface area contributed by atoms with Crippen molar-refractivity contribution in [3.8, 4) is 6.07 Å². The van der Waals surface area contributed by atoms with Crippen molar-refractivity contribution in [2.75, 3.05) is 6.61 Å². The normalized spacial score (nSPS) is 56.9. The molecule has 0 amide bonds. The van der Waals surface area contributed by atoms with Gasteiger partial charge >= 0.3 is 5.97 Å². The van der Waals surface area contributed by atoms with Gasteiger partial charge in [-0.15, -0.1) is 0 Å². The van der Waals surface area contributed by atoms with E-state index in [2.05, 4.69) is 26.8 Å². The zero-order chi connectivity index (χ0) is 24.8. The molecule has 0 aromatic carbocycles. The maximum absolute atomic E-state index is 12.0. The third kappa shape index (κ3) is 3.33. The predicted octanol–water partition coefficient (Wildman–Crippen LogP) is 4.84. The van der Waals surface area contributed by atoms with Crippen molar-refractivity contribution in [2.45, 2.75) is 110 Å². The van der Waals surface area contributed by atoms with Crippen molar-refractivity contribution in [3.05, 3.63) is 0 Å². The van der Waals surface area contributed by atoms with Gasteiger partial charge in [0, 0.05) is 25.2 Å². The van der Waals surface area contributed by atoms with Gasteiger partial charge in [0.25, 0.3) is 0 Å². The molecular formula is C29H43NO5. The van der Waals surface area contributed by atoms with Gasteiger partial charge in [0.1, 0.15) is 6.10 Å². The summed E-state index contributed by atoms with van der Waals surface area (Å²) in [5, 5.41) is 22.7. The highest BCUT2D eigenvalue weighted by Gasteiger charge is 2.71. The van der Waals surface area contributed by atoms with E-state index in [1.807, 2.05) is 0 Å². The van der Waals surface area contributed by atoms with Crippen molar-refractivity contribution < 1.29 is 24.1 Å². The molecule has 6 heteroatoms. The molecule has 35 heavy (non-hydrogen) atoms. The molecule has 0 unspecified atom stereocenters. The number of nitriles is 1. The molecule has 6 fully saturated rings. The van der Waals surface area contributed by atoms with E-state index in [1.165, 1.54) is 6.92 Å². The second-order valence-electron chi connectivity index (χ2n) is 13.5. The van der Waals surface area contributed by atoms with Crippen molar-refractivity contribution >= 4 is 5.97 Å². The monoisotopic (exact) mass is 485 g/mol. The highest BCUT2D eigenvalue weighted by molar-refractivity contribution is 5.66. The Morgan fingerprint density at radius 3 is 2.60 bits per heavy atom. The maximum Gasteiger partial charge on any atom is 0.302 e. The van der Waals surface area contributed by atoms with Gasteiger partial charge in [-0.1, -0.05) is 20.8 Å². The summed E-state index contributed by atoms with van der Waals surface area (Å²) in [5.74, 6) is 1.42. The number of ether oxygens (including phenoxy) is 3. The Hall–Kier alpha value is -1.16. The number of aliphatic hydroxyl groups excluding tert-OH is 1. The van der Waals surface area contributed by atoms with Crippen LogP contribution in [0.2, 0.25) is 0 Å². The van der Waals surface area contributed by atoms with E-state index in [9.17, 15) is 15.2 Å². The van der Waals surface area contributed by atoms with Crippen LogP contribution in [0.4, 0.5) is 0 Å². The number of aliphatic hydroxyl groups is 1. The van der Waals surface area contributed by atoms with E-state index in [0.717, 1.165) is 57.8 Å². The van der Waals surface area contributed by atoms with Crippen LogP contribution in [0.1, 0.15) is 85.5 Å². The molecule has 6 rings (SSSR count). The molecule has 0 aromatic heterocycles. The Morgan fingerprint density at radius 2 is 1.91 bits per heavy atom. The van der Waals surface area contributed by atoms with Crippen LogP contribution in [0.15, 0.2) is 0 Å². The predicted molar refractivity (Wildman–Crippen MR) is 129 cm³/mol. The van der Waals surface area contributed by atoms with Gasteiger partial charge < -0.3 is 19.3 Å². The summed E-state index contributed by atoms with van der Waals surface area (Å²) in [6, 6.07) is 2.75. The van der Waals surface area contributed by atoms with E-state index in [1.54, 1.807) is 0 Å². The molecule has 6 nitrogen and oxygen atoms in total. The zero-order valence-corrected chi connectivity index (χ0v) is 21.9. The Kier molecular flexibility index (Phi) is 5.65. The van der Waals surface area contributed by atoms with Crippen LogP contribution in [-0.2, 0) is 19.0 Å². The molecule has 6 aliphatic rings. The Labute approximate surface area is 210 Å². The lowest BCUT2D eigenvalue weighted by Crippen LogP contribution is -2.53. The largest absolute Gasteiger partial charge is 0.463 e. The molecule has 13 atom stereocenters. The van der Waals surface area contributed by atoms with Gasteiger partial charge in [-0.2, -0.15) is 5.26 Å². The number of carbonyl (C=O) groups is 1. The SMILES string of the molecule is CC(=O)O[C@@H]1CC[C@@]2(C)[C@@H](CC[C@@H]3[C@H]2C[C@@]2(C#N)[C@H](O)[C@@H]4[C@H](C[C@@H]32)O[C@]2(CC[C@H](C)CO2)[C@@H]4C)C1. The van der Waals surface area contributed by atoms with Crippen LogP contribution in [0.5, 0.6) is 0 Å². The van der Waals surface area contributed by atoms with Crippen LogP contribution >= 0.6 is 0 Å². The smallest absolute Gasteiger partial charge is 0.302 e. The van der Waals surface area contributed by atoms with E-state index in [4.69, 9.17) is 14.2 Å². The third-order valence-corrected chi connectivity index (χ3v) is 12.0. The molecule has 4 saturated carbocycles. The molecule has 2 saturated heterocycles. The van der Waals surface area contributed by atoms with E-state index >= 15 is 0 Å². The zero-order valence-electron chi connectivity index (χ0n) is 21.9. The van der Waals surface area contributed by atoms with Crippen molar-refractivity contribution in [1.82, 2.24) is 0 Å². The van der Waals surface area contributed by atoms with Crippen LogP contribution in [0.25, 0.3) is 0 Å². The fourth-order valence-corrected chi connectivity index (χ4v) is 10.1. The lowest BCUT2D eigenvalue weighted by atomic mass is 9.52. The number of esters is 1. The van der Waals surface area contributed by atoms with Crippen molar-refractivity contribution in [1.29, 1.82) is 5.26 Å². The van der Waals surface area contributed by atoms with Gasteiger partial charge in [-0.3, -0.25) is 4.79 Å². The number of rotatable bonds is 1. The van der Waals surface area contributed by atoms with Gasteiger partial charge in [0.05, 0.1) is 30.3 Å². The second-order valence-corrected chi connectivity index (χ2v) is 13.5. The van der Waals surface area contributed by atoms with Crippen molar-refractivity contribution in [3.63, 3.8) is 0 Å². The van der Waals surface area contributed by atoms with Crippen LogP contribution < -0.4 is 0 Å². The fraction of sp³-hybridized carbons (Fsp3) is 0.931. The topological polar surface area (TPSA) is 88.8 Å². The van der Waals surface area contributed by atoms with E-state index < -0.39 is 17.3 Å². The quantitative estimate of drug-likeness (QED) is 0.535. The summed E-state index contributed by atoms with van der Waals surface area (Å²) in [4.78, 5) is 11.6. The van der Waals surface area contributed by atoms with Crippen LogP contribution in [-0.4, -0.2) is 41.8 Å². The number of hydrogen-bond acceptors (Lipinski definition) is 6. The average Bonchev–Trinajstić information content (AvgIpc) is 3.30. The minimum Gasteiger partial charge on any atom is -0.463 e. The second kappa shape index (κ2) is 8.17. The number of hydrogen-bond donors (Lipinski definition) is 1. The highest BCUT2D eigenvalue weighted by Crippen LogP contribution is 2.70. The molecule has 2 heterocycles.